The van der Waals surface area contributed by atoms with Gasteiger partial charge >= 0.3 is 0 Å². The molecule has 0 bridgehead atoms. The van der Waals surface area contributed by atoms with Gasteiger partial charge in [-0.1, -0.05) is 23.7 Å². The van der Waals surface area contributed by atoms with Gasteiger partial charge in [0.15, 0.2) is 0 Å². The van der Waals surface area contributed by atoms with Crippen LogP contribution in [0.25, 0.3) is 11.4 Å². The van der Waals surface area contributed by atoms with E-state index in [-0.39, 0.29) is 12.5 Å². The van der Waals surface area contributed by atoms with Crippen molar-refractivity contribution in [3.05, 3.63) is 53.6 Å². The van der Waals surface area contributed by atoms with Crippen molar-refractivity contribution in [2.75, 3.05) is 11.9 Å². The lowest BCUT2D eigenvalue weighted by molar-refractivity contribution is -0.117. The number of anilines is 1. The Balaban J connectivity index is 1.61. The third kappa shape index (κ3) is 4.54. The molecule has 0 fully saturated rings. The van der Waals surface area contributed by atoms with Crippen LogP contribution in [0.5, 0.6) is 5.75 Å². The quantitative estimate of drug-likeness (QED) is 0.733. The number of carbonyl (C=O) groups is 1. The van der Waals surface area contributed by atoms with E-state index in [1.807, 2.05) is 13.0 Å². The summed E-state index contributed by atoms with van der Waals surface area (Å²) < 4.78 is 5.36. The van der Waals surface area contributed by atoms with Crippen LogP contribution in [0.4, 0.5) is 5.69 Å². The van der Waals surface area contributed by atoms with E-state index < -0.39 is 0 Å². The third-order valence-electron chi connectivity index (χ3n) is 3.27. The maximum absolute atomic E-state index is 12.1. The van der Waals surface area contributed by atoms with Gasteiger partial charge in [-0.05, 0) is 48.5 Å². The lowest BCUT2D eigenvalue weighted by Gasteiger charge is -2.06. The number of hydrogen-bond acceptors (Lipinski definition) is 5. The summed E-state index contributed by atoms with van der Waals surface area (Å²) in [6.07, 6.45) is 0. The van der Waals surface area contributed by atoms with E-state index >= 15 is 0 Å². The fourth-order valence-corrected chi connectivity index (χ4v) is 2.37. The summed E-state index contributed by atoms with van der Waals surface area (Å²) >= 11 is 5.95. The molecule has 0 saturated heterocycles. The predicted molar refractivity (Wildman–Crippen MR) is 94.5 cm³/mol. The van der Waals surface area contributed by atoms with Crippen LogP contribution in [0.3, 0.4) is 0 Å². The zero-order valence-electron chi connectivity index (χ0n) is 13.5. The third-order valence-corrected chi connectivity index (χ3v) is 3.50. The molecule has 25 heavy (non-hydrogen) atoms. The molecule has 7 nitrogen and oxygen atoms in total. The Bertz CT molecular complexity index is 863. The van der Waals surface area contributed by atoms with E-state index in [2.05, 4.69) is 20.7 Å². The Morgan fingerprint density at radius 3 is 2.76 bits per heavy atom. The van der Waals surface area contributed by atoms with Crippen LogP contribution >= 0.6 is 11.6 Å². The molecular formula is C17H16ClN5O2. The lowest BCUT2D eigenvalue weighted by Crippen LogP contribution is -2.20. The minimum Gasteiger partial charge on any atom is -0.494 e. The smallest absolute Gasteiger partial charge is 0.248 e. The van der Waals surface area contributed by atoms with Crippen LogP contribution in [0, 0.1) is 0 Å². The minimum atomic E-state index is -0.251. The molecule has 3 aromatic rings. The zero-order chi connectivity index (χ0) is 17.6. The van der Waals surface area contributed by atoms with Crippen LogP contribution in [-0.2, 0) is 11.3 Å². The predicted octanol–water partition coefficient (Wildman–Crippen LogP) is 3.03. The van der Waals surface area contributed by atoms with Crippen molar-refractivity contribution in [3.63, 3.8) is 0 Å². The highest BCUT2D eigenvalue weighted by Crippen LogP contribution is 2.18. The molecule has 3 rings (SSSR count). The SMILES string of the molecule is CCOc1ccc(NC(=O)Cn2nnc(-c3cccc(Cl)c3)n2)cc1. The van der Waals surface area contributed by atoms with Crippen molar-refractivity contribution < 1.29 is 9.53 Å². The van der Waals surface area contributed by atoms with Gasteiger partial charge in [0.05, 0.1) is 6.61 Å². The Labute approximate surface area is 149 Å². The number of benzene rings is 2. The second-order valence-electron chi connectivity index (χ2n) is 5.16. The molecule has 128 valence electrons. The Morgan fingerprint density at radius 2 is 2.04 bits per heavy atom. The monoisotopic (exact) mass is 357 g/mol. The molecule has 8 heteroatoms. The highest BCUT2D eigenvalue weighted by molar-refractivity contribution is 6.30. The molecule has 0 aliphatic heterocycles. The average molecular weight is 358 g/mol. The van der Waals surface area contributed by atoms with Crippen LogP contribution in [-0.4, -0.2) is 32.7 Å². The highest BCUT2D eigenvalue weighted by atomic mass is 35.5. The van der Waals surface area contributed by atoms with E-state index in [1.165, 1.54) is 4.80 Å². The number of nitrogens with zero attached hydrogens (tertiary/aromatic N) is 4. The fourth-order valence-electron chi connectivity index (χ4n) is 2.18. The maximum atomic E-state index is 12.1. The molecule has 1 N–H and O–H groups in total. The molecule has 1 amide bonds. The fraction of sp³-hybridized carbons (Fsp3) is 0.176. The van der Waals surface area contributed by atoms with Crippen LogP contribution in [0.2, 0.25) is 5.02 Å². The minimum absolute atomic E-state index is 0.0409. The van der Waals surface area contributed by atoms with Gasteiger partial charge in [0.2, 0.25) is 11.7 Å². The van der Waals surface area contributed by atoms with E-state index in [1.54, 1.807) is 42.5 Å². The first-order valence-corrected chi connectivity index (χ1v) is 8.08. The summed E-state index contributed by atoms with van der Waals surface area (Å²) in [7, 11) is 0. The van der Waals surface area contributed by atoms with Crippen LogP contribution < -0.4 is 10.1 Å². The lowest BCUT2D eigenvalue weighted by atomic mass is 10.2. The van der Waals surface area contributed by atoms with Crippen molar-refractivity contribution in [1.82, 2.24) is 20.2 Å². The van der Waals surface area contributed by atoms with Gasteiger partial charge in [-0.25, -0.2) is 0 Å². The van der Waals surface area contributed by atoms with Crippen molar-refractivity contribution in [1.29, 1.82) is 0 Å². The number of hydrogen-bond donors (Lipinski definition) is 1. The van der Waals surface area contributed by atoms with Crippen LogP contribution in [0.15, 0.2) is 48.5 Å². The van der Waals surface area contributed by atoms with Gasteiger partial charge in [-0.15, -0.1) is 10.2 Å². The second kappa shape index (κ2) is 7.76. The molecule has 0 saturated carbocycles. The molecule has 0 radical (unpaired) electrons. The summed E-state index contributed by atoms with van der Waals surface area (Å²) in [5.74, 6) is 0.917. The van der Waals surface area contributed by atoms with Crippen molar-refractivity contribution in [3.8, 4) is 17.1 Å². The van der Waals surface area contributed by atoms with E-state index in [0.29, 0.717) is 23.1 Å². The van der Waals surface area contributed by atoms with E-state index in [9.17, 15) is 4.79 Å². The first kappa shape index (κ1) is 16.9. The van der Waals surface area contributed by atoms with Crippen molar-refractivity contribution in [2.45, 2.75) is 13.5 Å². The van der Waals surface area contributed by atoms with Crippen molar-refractivity contribution >= 4 is 23.2 Å². The first-order valence-electron chi connectivity index (χ1n) is 7.70. The van der Waals surface area contributed by atoms with Gasteiger partial charge in [-0.2, -0.15) is 4.80 Å². The molecule has 1 heterocycles. The summed E-state index contributed by atoms with van der Waals surface area (Å²) in [5, 5.41) is 15.4. The molecule has 0 aliphatic rings. The molecule has 0 aliphatic carbocycles. The number of tetrazole rings is 1. The number of amides is 1. The first-order chi connectivity index (χ1) is 12.1. The maximum Gasteiger partial charge on any atom is 0.248 e. The largest absolute Gasteiger partial charge is 0.494 e. The number of halogens is 1. The zero-order valence-corrected chi connectivity index (χ0v) is 14.3. The van der Waals surface area contributed by atoms with Crippen LogP contribution in [0.1, 0.15) is 6.92 Å². The Morgan fingerprint density at radius 1 is 1.24 bits per heavy atom. The molecule has 0 atom stereocenters. The molecule has 0 unspecified atom stereocenters. The standard InChI is InChI=1S/C17H16ClN5O2/c1-2-25-15-8-6-14(7-9-15)19-16(24)11-23-21-17(20-22-23)12-4-3-5-13(18)10-12/h3-10H,2,11H2,1H3,(H,19,24). The number of aromatic nitrogens is 4. The van der Waals surface area contributed by atoms with Gasteiger partial charge in [-0.3, -0.25) is 4.79 Å². The van der Waals surface area contributed by atoms with E-state index in [0.717, 1.165) is 11.3 Å². The van der Waals surface area contributed by atoms with Crippen molar-refractivity contribution in [2.24, 2.45) is 0 Å². The molecule has 1 aromatic heterocycles. The Hall–Kier alpha value is -2.93. The normalized spacial score (nSPS) is 10.5. The molecule has 0 spiro atoms. The number of ether oxygens (including phenoxy) is 1. The molecule has 2 aromatic carbocycles. The average Bonchev–Trinajstić information content (AvgIpc) is 3.05. The number of rotatable bonds is 6. The van der Waals surface area contributed by atoms with E-state index in [4.69, 9.17) is 16.3 Å². The number of nitrogens with one attached hydrogen (secondary N) is 1. The topological polar surface area (TPSA) is 81.9 Å². The number of carbonyl (C=O) groups excluding carboxylic acids is 1. The van der Waals surface area contributed by atoms with Gasteiger partial charge < -0.3 is 10.1 Å². The van der Waals surface area contributed by atoms with Gasteiger partial charge in [0, 0.05) is 16.3 Å². The summed E-state index contributed by atoms with van der Waals surface area (Å²) in [4.78, 5) is 13.3. The summed E-state index contributed by atoms with van der Waals surface area (Å²) in [6, 6.07) is 14.3. The summed E-state index contributed by atoms with van der Waals surface area (Å²) in [5.41, 5.74) is 1.41. The second-order valence-corrected chi connectivity index (χ2v) is 5.60. The molecular weight excluding hydrogens is 342 g/mol. The summed E-state index contributed by atoms with van der Waals surface area (Å²) in [6.45, 7) is 2.47. The van der Waals surface area contributed by atoms with Gasteiger partial charge in [0.25, 0.3) is 0 Å². The Kier molecular flexibility index (Phi) is 5.25. The van der Waals surface area contributed by atoms with Gasteiger partial charge in [0.1, 0.15) is 12.3 Å². The highest BCUT2D eigenvalue weighted by Gasteiger charge is 2.10.